The SMILES string of the molecule is CCOC(=O)C1CCCN(CC(=O)Nc2ccc(C(C)(C)C)cc2)C1. The molecule has 1 aromatic carbocycles. The van der Waals surface area contributed by atoms with Gasteiger partial charge in [-0.2, -0.15) is 0 Å². The van der Waals surface area contributed by atoms with E-state index in [1.165, 1.54) is 5.56 Å². The molecule has 1 N–H and O–H groups in total. The normalized spacial score (nSPS) is 18.6. The van der Waals surface area contributed by atoms with Crippen molar-refractivity contribution in [2.45, 2.75) is 46.0 Å². The first kappa shape index (κ1) is 19.4. The summed E-state index contributed by atoms with van der Waals surface area (Å²) in [5.74, 6) is -0.314. The van der Waals surface area contributed by atoms with Gasteiger partial charge in [-0.15, -0.1) is 0 Å². The Labute approximate surface area is 150 Å². The molecular weight excluding hydrogens is 316 g/mol. The third-order valence-corrected chi connectivity index (χ3v) is 4.53. The van der Waals surface area contributed by atoms with Gasteiger partial charge in [-0.05, 0) is 49.4 Å². The van der Waals surface area contributed by atoms with Gasteiger partial charge in [-0.3, -0.25) is 14.5 Å². The van der Waals surface area contributed by atoms with Crippen LogP contribution in [-0.2, 0) is 19.7 Å². The molecule has 5 nitrogen and oxygen atoms in total. The van der Waals surface area contributed by atoms with Gasteiger partial charge in [0.05, 0.1) is 19.1 Å². The molecule has 138 valence electrons. The molecule has 1 aliphatic heterocycles. The zero-order valence-corrected chi connectivity index (χ0v) is 15.8. The Morgan fingerprint density at radius 3 is 2.52 bits per heavy atom. The second-order valence-electron chi connectivity index (χ2n) is 7.70. The Kier molecular flexibility index (Phi) is 6.59. The number of rotatable bonds is 5. The van der Waals surface area contributed by atoms with Gasteiger partial charge in [-0.1, -0.05) is 32.9 Å². The number of amides is 1. The summed E-state index contributed by atoms with van der Waals surface area (Å²) in [5, 5.41) is 2.94. The first-order valence-electron chi connectivity index (χ1n) is 9.09. The van der Waals surface area contributed by atoms with Crippen molar-refractivity contribution >= 4 is 17.6 Å². The Morgan fingerprint density at radius 2 is 1.92 bits per heavy atom. The Bertz CT molecular complexity index is 590. The Balaban J connectivity index is 1.86. The van der Waals surface area contributed by atoms with E-state index in [-0.39, 0.29) is 23.2 Å². The summed E-state index contributed by atoms with van der Waals surface area (Å²) in [6.45, 7) is 10.4. The molecule has 0 radical (unpaired) electrons. The van der Waals surface area contributed by atoms with Gasteiger partial charge in [0.25, 0.3) is 0 Å². The van der Waals surface area contributed by atoms with E-state index in [9.17, 15) is 9.59 Å². The van der Waals surface area contributed by atoms with Crippen LogP contribution in [0.4, 0.5) is 5.69 Å². The molecule has 1 fully saturated rings. The number of nitrogens with zero attached hydrogens (tertiary/aromatic N) is 1. The van der Waals surface area contributed by atoms with Gasteiger partial charge in [0.15, 0.2) is 0 Å². The zero-order valence-electron chi connectivity index (χ0n) is 15.8. The molecule has 1 saturated heterocycles. The number of piperidine rings is 1. The molecule has 0 saturated carbocycles. The lowest BCUT2D eigenvalue weighted by atomic mass is 9.87. The van der Waals surface area contributed by atoms with E-state index in [2.05, 4.69) is 26.1 Å². The lowest BCUT2D eigenvalue weighted by Gasteiger charge is -2.30. The molecule has 0 aromatic heterocycles. The van der Waals surface area contributed by atoms with Gasteiger partial charge in [0, 0.05) is 12.2 Å². The third-order valence-electron chi connectivity index (χ3n) is 4.53. The smallest absolute Gasteiger partial charge is 0.310 e. The predicted octanol–water partition coefficient (Wildman–Crippen LogP) is 3.20. The second-order valence-corrected chi connectivity index (χ2v) is 7.70. The molecule has 0 aliphatic carbocycles. The van der Waals surface area contributed by atoms with Crippen LogP contribution in [0.1, 0.15) is 46.1 Å². The van der Waals surface area contributed by atoms with Crippen LogP contribution in [-0.4, -0.2) is 43.0 Å². The van der Waals surface area contributed by atoms with Crippen molar-refractivity contribution < 1.29 is 14.3 Å². The predicted molar refractivity (Wildman–Crippen MR) is 99.6 cm³/mol. The Morgan fingerprint density at radius 1 is 1.24 bits per heavy atom. The largest absolute Gasteiger partial charge is 0.466 e. The average Bonchev–Trinajstić information content (AvgIpc) is 2.55. The molecule has 1 aromatic rings. The summed E-state index contributed by atoms with van der Waals surface area (Å²) in [6, 6.07) is 7.98. The Hall–Kier alpha value is -1.88. The molecule has 5 heteroatoms. The molecule has 0 bridgehead atoms. The van der Waals surface area contributed by atoms with E-state index in [0.717, 1.165) is 25.1 Å². The maximum atomic E-state index is 12.3. The molecule has 1 amide bonds. The quantitative estimate of drug-likeness (QED) is 0.832. The average molecular weight is 346 g/mol. The topological polar surface area (TPSA) is 58.6 Å². The number of nitrogens with one attached hydrogen (secondary N) is 1. The van der Waals surface area contributed by atoms with Gasteiger partial charge < -0.3 is 10.1 Å². The van der Waals surface area contributed by atoms with Crippen LogP contribution < -0.4 is 5.32 Å². The van der Waals surface area contributed by atoms with Crippen LogP contribution in [0, 0.1) is 5.92 Å². The minimum absolute atomic E-state index is 0.0481. The van der Waals surface area contributed by atoms with Gasteiger partial charge in [0.2, 0.25) is 5.91 Å². The highest BCUT2D eigenvalue weighted by atomic mass is 16.5. The van der Waals surface area contributed by atoms with Crippen LogP contribution in [0.5, 0.6) is 0 Å². The van der Waals surface area contributed by atoms with Crippen molar-refractivity contribution in [1.29, 1.82) is 0 Å². The van der Waals surface area contributed by atoms with Crippen molar-refractivity contribution in [2.75, 3.05) is 31.6 Å². The molecule has 0 spiro atoms. The van der Waals surface area contributed by atoms with Crippen molar-refractivity contribution in [3.63, 3.8) is 0 Å². The number of likely N-dealkylation sites (tertiary alicyclic amines) is 1. The van der Waals surface area contributed by atoms with Crippen LogP contribution in [0.25, 0.3) is 0 Å². The monoisotopic (exact) mass is 346 g/mol. The van der Waals surface area contributed by atoms with Crippen LogP contribution in [0.3, 0.4) is 0 Å². The van der Waals surface area contributed by atoms with E-state index in [1.54, 1.807) is 0 Å². The minimum atomic E-state index is -0.148. The third kappa shape index (κ3) is 5.85. The number of carbonyl (C=O) groups is 2. The zero-order chi connectivity index (χ0) is 18.4. The van der Waals surface area contributed by atoms with Crippen molar-refractivity contribution in [1.82, 2.24) is 4.90 Å². The lowest BCUT2D eigenvalue weighted by Crippen LogP contribution is -2.43. The van der Waals surface area contributed by atoms with Crippen molar-refractivity contribution in [2.24, 2.45) is 5.92 Å². The van der Waals surface area contributed by atoms with Crippen LogP contribution in [0.15, 0.2) is 24.3 Å². The van der Waals surface area contributed by atoms with Crippen LogP contribution in [0.2, 0.25) is 0 Å². The van der Waals surface area contributed by atoms with E-state index in [0.29, 0.717) is 19.7 Å². The second kappa shape index (κ2) is 8.48. The molecule has 2 rings (SSSR count). The fraction of sp³-hybridized carbons (Fsp3) is 0.600. The fourth-order valence-electron chi connectivity index (χ4n) is 3.11. The molecule has 1 heterocycles. The van der Waals surface area contributed by atoms with Crippen molar-refractivity contribution in [3.05, 3.63) is 29.8 Å². The standard InChI is InChI=1S/C20H30N2O3/c1-5-25-19(24)15-7-6-12-22(13-15)14-18(23)21-17-10-8-16(9-11-17)20(2,3)4/h8-11,15H,5-7,12-14H2,1-4H3,(H,21,23). The summed E-state index contributed by atoms with van der Waals surface area (Å²) in [4.78, 5) is 26.2. The number of esters is 1. The van der Waals surface area contributed by atoms with E-state index < -0.39 is 0 Å². The number of hydrogen-bond acceptors (Lipinski definition) is 4. The van der Waals surface area contributed by atoms with Crippen molar-refractivity contribution in [3.8, 4) is 0 Å². The fourth-order valence-corrected chi connectivity index (χ4v) is 3.11. The highest BCUT2D eigenvalue weighted by Gasteiger charge is 2.27. The van der Waals surface area contributed by atoms with Crippen LogP contribution >= 0.6 is 0 Å². The molecule has 1 aliphatic rings. The van der Waals surface area contributed by atoms with Gasteiger partial charge >= 0.3 is 5.97 Å². The number of carbonyl (C=O) groups excluding carboxylic acids is 2. The summed E-state index contributed by atoms with van der Waals surface area (Å²) in [6.07, 6.45) is 1.75. The maximum Gasteiger partial charge on any atom is 0.310 e. The first-order valence-corrected chi connectivity index (χ1v) is 9.09. The molecule has 1 atom stereocenters. The number of hydrogen-bond donors (Lipinski definition) is 1. The number of anilines is 1. The van der Waals surface area contributed by atoms with Gasteiger partial charge in [0.1, 0.15) is 0 Å². The van der Waals surface area contributed by atoms with E-state index in [4.69, 9.17) is 4.74 Å². The van der Waals surface area contributed by atoms with Gasteiger partial charge in [-0.25, -0.2) is 0 Å². The van der Waals surface area contributed by atoms with E-state index >= 15 is 0 Å². The minimum Gasteiger partial charge on any atom is -0.466 e. The molecule has 1 unspecified atom stereocenters. The lowest BCUT2D eigenvalue weighted by molar-refractivity contribution is -0.150. The molecular formula is C20H30N2O3. The summed E-state index contributed by atoms with van der Waals surface area (Å²) >= 11 is 0. The highest BCUT2D eigenvalue weighted by molar-refractivity contribution is 5.92. The first-order chi connectivity index (χ1) is 11.8. The molecule has 25 heavy (non-hydrogen) atoms. The number of ether oxygens (including phenoxy) is 1. The summed E-state index contributed by atoms with van der Waals surface area (Å²) in [7, 11) is 0. The van der Waals surface area contributed by atoms with E-state index in [1.807, 2.05) is 36.1 Å². The highest BCUT2D eigenvalue weighted by Crippen LogP contribution is 2.23. The summed E-state index contributed by atoms with van der Waals surface area (Å²) < 4.78 is 5.10. The maximum absolute atomic E-state index is 12.3. The number of benzene rings is 1. The summed E-state index contributed by atoms with van der Waals surface area (Å²) in [5.41, 5.74) is 2.13.